The molecule has 2 aliphatic rings. The largest absolute Gasteiger partial charge is 0.367 e. The number of hydrogen-bond donors (Lipinski definition) is 2. The van der Waals surface area contributed by atoms with E-state index in [0.29, 0.717) is 24.5 Å². The molecule has 0 fully saturated rings. The van der Waals surface area contributed by atoms with Crippen molar-refractivity contribution in [2.75, 3.05) is 12.4 Å². The second-order valence-electron chi connectivity index (χ2n) is 7.40. The first-order valence-electron chi connectivity index (χ1n) is 10.0. The number of aromatic nitrogens is 2. The van der Waals surface area contributed by atoms with Crippen molar-refractivity contribution in [1.29, 1.82) is 0 Å². The van der Waals surface area contributed by atoms with E-state index in [1.54, 1.807) is 11.0 Å². The van der Waals surface area contributed by atoms with Gasteiger partial charge >= 0.3 is 0 Å². The van der Waals surface area contributed by atoms with Crippen LogP contribution in [0.4, 0.5) is 5.82 Å². The van der Waals surface area contributed by atoms with E-state index in [-0.39, 0.29) is 11.8 Å². The number of methoxy groups -OCH3 is 1. The zero-order valence-electron chi connectivity index (χ0n) is 17.5. The first kappa shape index (κ1) is 20.6. The molecule has 7 nitrogen and oxygen atoms in total. The molecule has 2 amide bonds. The van der Waals surface area contributed by atoms with Crippen LogP contribution in [-0.4, -0.2) is 34.0 Å². The molecule has 0 saturated heterocycles. The lowest BCUT2D eigenvalue weighted by Gasteiger charge is -2.22. The minimum Gasteiger partial charge on any atom is -0.367 e. The highest BCUT2D eigenvalue weighted by Gasteiger charge is 2.33. The van der Waals surface area contributed by atoms with Crippen molar-refractivity contribution in [2.24, 2.45) is 0 Å². The predicted octanol–water partition coefficient (Wildman–Crippen LogP) is 3.58. The van der Waals surface area contributed by atoms with Crippen LogP contribution in [0.3, 0.4) is 0 Å². The Morgan fingerprint density at radius 1 is 1.10 bits per heavy atom. The first-order chi connectivity index (χ1) is 15.1. The predicted molar refractivity (Wildman–Crippen MR) is 118 cm³/mol. The molecule has 1 unspecified atom stereocenters. The lowest BCUT2D eigenvalue weighted by Crippen LogP contribution is -2.32. The topological polar surface area (TPSA) is 87.3 Å². The first-order valence-corrected chi connectivity index (χ1v) is 10.0. The van der Waals surface area contributed by atoms with Crippen molar-refractivity contribution in [2.45, 2.75) is 26.1 Å². The number of anilines is 1. The van der Waals surface area contributed by atoms with Crippen molar-refractivity contribution in [3.63, 3.8) is 0 Å². The number of nitrogens with one attached hydrogen (secondary N) is 2. The van der Waals surface area contributed by atoms with Crippen LogP contribution in [0, 0.1) is 0 Å². The van der Waals surface area contributed by atoms with Gasteiger partial charge in [0.2, 0.25) is 0 Å². The molecule has 4 rings (SSSR count). The standard InChI is InChI=1S/C24H24N4O3/c1-16-10-6-3-4-9-13-18(16)23(29)25-22-19-14-28(15-20(19)26-27-22)24(30)21(31-2)17-11-7-5-8-12-17/h3-13,21H,14-15H2,1-2H3,(H2,25,26,27,29)/b4-3-,6-3?,9-4?,10-6-,13-9?,16-10?,18-13?,18-16?. The van der Waals surface area contributed by atoms with E-state index in [9.17, 15) is 9.59 Å². The van der Waals surface area contributed by atoms with E-state index in [0.717, 1.165) is 22.4 Å². The van der Waals surface area contributed by atoms with Crippen molar-refractivity contribution in [3.8, 4) is 0 Å². The monoisotopic (exact) mass is 416 g/mol. The average Bonchev–Trinajstić information content (AvgIpc) is 3.34. The van der Waals surface area contributed by atoms with E-state index in [2.05, 4.69) is 15.5 Å². The Labute approximate surface area is 180 Å². The van der Waals surface area contributed by atoms with Gasteiger partial charge in [-0.25, -0.2) is 0 Å². The molecule has 2 heterocycles. The quantitative estimate of drug-likeness (QED) is 0.780. The van der Waals surface area contributed by atoms with Crippen molar-refractivity contribution < 1.29 is 14.3 Å². The van der Waals surface area contributed by atoms with Crippen LogP contribution in [0.15, 0.2) is 77.9 Å². The van der Waals surface area contributed by atoms with Gasteiger partial charge in [-0.3, -0.25) is 14.7 Å². The third kappa shape index (κ3) is 4.27. The molecule has 31 heavy (non-hydrogen) atoms. The van der Waals surface area contributed by atoms with E-state index in [1.165, 1.54) is 7.11 Å². The number of ether oxygens (including phenoxy) is 1. The summed E-state index contributed by atoms with van der Waals surface area (Å²) in [4.78, 5) is 27.7. The smallest absolute Gasteiger partial charge is 0.257 e. The van der Waals surface area contributed by atoms with Crippen molar-refractivity contribution >= 4 is 17.6 Å². The molecular formula is C24H24N4O3. The zero-order chi connectivity index (χ0) is 21.8. The van der Waals surface area contributed by atoms with Gasteiger partial charge in [-0.05, 0) is 24.1 Å². The van der Waals surface area contributed by atoms with Gasteiger partial charge in [0.15, 0.2) is 11.9 Å². The number of rotatable bonds is 5. The second kappa shape index (κ2) is 8.97. The highest BCUT2D eigenvalue weighted by molar-refractivity contribution is 6.06. The fourth-order valence-electron chi connectivity index (χ4n) is 3.70. The Balaban J connectivity index is 1.49. The molecule has 7 heteroatoms. The van der Waals surface area contributed by atoms with E-state index < -0.39 is 6.10 Å². The van der Waals surface area contributed by atoms with Gasteiger partial charge in [0, 0.05) is 18.2 Å². The number of H-pyrrole nitrogens is 1. The van der Waals surface area contributed by atoms with Crippen LogP contribution < -0.4 is 5.32 Å². The summed E-state index contributed by atoms with van der Waals surface area (Å²) in [5.74, 6) is 0.0695. The normalized spacial score (nSPS) is 18.2. The Kier molecular flexibility index (Phi) is 5.95. The van der Waals surface area contributed by atoms with Crippen LogP contribution in [0.2, 0.25) is 0 Å². The van der Waals surface area contributed by atoms with Crippen LogP contribution >= 0.6 is 0 Å². The third-order valence-electron chi connectivity index (χ3n) is 5.37. The molecule has 1 atom stereocenters. The molecule has 2 aromatic rings. The van der Waals surface area contributed by atoms with Crippen LogP contribution in [0.5, 0.6) is 0 Å². The fraction of sp³-hybridized carbons (Fsp3) is 0.208. The van der Waals surface area contributed by atoms with E-state index in [4.69, 9.17) is 4.74 Å². The van der Waals surface area contributed by atoms with Gasteiger partial charge in [0.1, 0.15) is 0 Å². The summed E-state index contributed by atoms with van der Waals surface area (Å²) in [5.41, 5.74) is 3.85. The number of hydrogen-bond acceptors (Lipinski definition) is 4. The van der Waals surface area contributed by atoms with Crippen LogP contribution in [0.1, 0.15) is 29.8 Å². The highest BCUT2D eigenvalue weighted by atomic mass is 16.5. The molecule has 0 radical (unpaired) electrons. The summed E-state index contributed by atoms with van der Waals surface area (Å²) < 4.78 is 5.48. The van der Waals surface area contributed by atoms with Gasteiger partial charge in [0.05, 0.1) is 18.8 Å². The number of carbonyl (C=O) groups is 2. The van der Waals surface area contributed by atoms with Gasteiger partial charge in [-0.1, -0.05) is 60.7 Å². The lowest BCUT2D eigenvalue weighted by atomic mass is 10.1. The average molecular weight is 416 g/mol. The summed E-state index contributed by atoms with van der Waals surface area (Å²) in [7, 11) is 1.53. The molecule has 0 spiro atoms. The molecule has 0 bridgehead atoms. The SMILES string of the molecule is COC(C(=O)N1Cc2[nH]nc(NC(=O)C3=C(C)/C=C\C=C/C=C3)c2C1)c1ccccc1. The van der Waals surface area contributed by atoms with Crippen molar-refractivity contribution in [1.82, 2.24) is 15.1 Å². The van der Waals surface area contributed by atoms with E-state index >= 15 is 0 Å². The van der Waals surface area contributed by atoms with E-state index in [1.807, 2.05) is 67.6 Å². The minimum atomic E-state index is -0.677. The lowest BCUT2D eigenvalue weighted by molar-refractivity contribution is -0.143. The minimum absolute atomic E-state index is 0.131. The number of nitrogens with zero attached hydrogens (tertiary/aromatic N) is 2. The summed E-state index contributed by atoms with van der Waals surface area (Å²) in [6.07, 6.45) is 10.5. The molecule has 0 saturated carbocycles. The van der Waals surface area contributed by atoms with Gasteiger partial charge in [-0.15, -0.1) is 0 Å². The third-order valence-corrected chi connectivity index (χ3v) is 5.37. The Morgan fingerprint density at radius 3 is 2.58 bits per heavy atom. The maximum Gasteiger partial charge on any atom is 0.257 e. The molecule has 158 valence electrons. The van der Waals surface area contributed by atoms with Crippen molar-refractivity contribution in [3.05, 3.63) is 94.8 Å². The Hall–Kier alpha value is -3.71. The summed E-state index contributed by atoms with van der Waals surface area (Å²) in [6, 6.07) is 9.40. The highest BCUT2D eigenvalue weighted by Crippen LogP contribution is 2.30. The maximum absolute atomic E-state index is 13.1. The number of benzene rings is 1. The number of allylic oxidation sites excluding steroid dienone is 6. The van der Waals surface area contributed by atoms with Crippen LogP contribution in [-0.2, 0) is 27.4 Å². The van der Waals surface area contributed by atoms with Crippen LogP contribution in [0.25, 0.3) is 0 Å². The van der Waals surface area contributed by atoms with Gasteiger partial charge < -0.3 is 15.0 Å². The maximum atomic E-state index is 13.1. The second-order valence-corrected chi connectivity index (χ2v) is 7.40. The summed E-state index contributed by atoms with van der Waals surface area (Å²) in [6.45, 7) is 2.63. The number of amides is 2. The van der Waals surface area contributed by atoms with Gasteiger partial charge in [-0.2, -0.15) is 5.10 Å². The summed E-state index contributed by atoms with van der Waals surface area (Å²) >= 11 is 0. The molecule has 1 aliphatic carbocycles. The molecular weight excluding hydrogens is 392 g/mol. The number of fused-ring (bicyclic) bond motifs is 1. The number of aromatic amines is 1. The van der Waals surface area contributed by atoms with Gasteiger partial charge in [0.25, 0.3) is 11.8 Å². The fourth-order valence-corrected chi connectivity index (χ4v) is 3.70. The zero-order valence-corrected chi connectivity index (χ0v) is 17.5. The molecule has 2 N–H and O–H groups in total. The molecule has 1 aromatic carbocycles. The Morgan fingerprint density at radius 2 is 1.84 bits per heavy atom. The summed E-state index contributed by atoms with van der Waals surface area (Å²) in [5, 5.41) is 10.1. The molecule has 1 aromatic heterocycles. The Bertz CT molecular complexity index is 1110. The molecule has 1 aliphatic heterocycles. The number of carbonyl (C=O) groups excluding carboxylic acids is 2.